The Bertz CT molecular complexity index is 312. The number of ether oxygens (including phenoxy) is 1. The van der Waals surface area contributed by atoms with Gasteiger partial charge in [0.2, 0.25) is 0 Å². The molecule has 1 heterocycles. The highest BCUT2D eigenvalue weighted by Gasteiger charge is 2.21. The lowest BCUT2D eigenvalue weighted by molar-refractivity contribution is -0.150. The molecule has 0 aromatic carbocycles. The Labute approximate surface area is 79.9 Å². The Morgan fingerprint density at radius 1 is 1.79 bits per heavy atom. The summed E-state index contributed by atoms with van der Waals surface area (Å²) in [5.41, 5.74) is 0.102. The second kappa shape index (κ2) is 4.68. The molecule has 0 spiro atoms. The van der Waals surface area contributed by atoms with E-state index in [-0.39, 0.29) is 18.8 Å². The van der Waals surface area contributed by atoms with Crippen LogP contribution in [-0.2, 0) is 16.1 Å². The SMILES string of the molecule is COC(=O)C(O)c1cn(CCO)nn1. The van der Waals surface area contributed by atoms with Crippen LogP contribution in [-0.4, -0.2) is 44.9 Å². The average molecular weight is 201 g/mol. The molecular formula is C7H11N3O4. The number of aliphatic hydroxyl groups excluding tert-OH is 2. The van der Waals surface area contributed by atoms with Gasteiger partial charge in [-0.3, -0.25) is 0 Å². The third-order valence-electron chi connectivity index (χ3n) is 1.59. The minimum Gasteiger partial charge on any atom is -0.467 e. The van der Waals surface area contributed by atoms with Gasteiger partial charge in [-0.2, -0.15) is 0 Å². The predicted octanol–water partition coefficient (Wildman–Crippen LogP) is -1.52. The zero-order valence-corrected chi connectivity index (χ0v) is 7.62. The van der Waals surface area contributed by atoms with Crippen molar-refractivity contribution in [1.82, 2.24) is 15.0 Å². The first-order valence-corrected chi connectivity index (χ1v) is 3.95. The van der Waals surface area contributed by atoms with Crippen molar-refractivity contribution in [3.8, 4) is 0 Å². The van der Waals surface area contributed by atoms with Crippen LogP contribution in [0, 0.1) is 0 Å². The number of nitrogens with zero attached hydrogens (tertiary/aromatic N) is 3. The van der Waals surface area contributed by atoms with E-state index < -0.39 is 12.1 Å². The van der Waals surface area contributed by atoms with Gasteiger partial charge in [0.25, 0.3) is 0 Å². The highest BCUT2D eigenvalue weighted by atomic mass is 16.5. The first kappa shape index (κ1) is 10.6. The van der Waals surface area contributed by atoms with Crippen molar-refractivity contribution in [2.24, 2.45) is 0 Å². The predicted molar refractivity (Wildman–Crippen MR) is 44.1 cm³/mol. The highest BCUT2D eigenvalue weighted by Crippen LogP contribution is 2.09. The summed E-state index contributed by atoms with van der Waals surface area (Å²) in [6, 6.07) is 0. The van der Waals surface area contributed by atoms with Crippen molar-refractivity contribution >= 4 is 5.97 Å². The molecular weight excluding hydrogens is 190 g/mol. The lowest BCUT2D eigenvalue weighted by atomic mass is 10.3. The fraction of sp³-hybridized carbons (Fsp3) is 0.571. The minimum absolute atomic E-state index is 0.0862. The van der Waals surface area contributed by atoms with Crippen molar-refractivity contribution in [2.45, 2.75) is 12.6 Å². The molecule has 1 aromatic rings. The van der Waals surface area contributed by atoms with E-state index in [0.717, 1.165) is 0 Å². The first-order valence-electron chi connectivity index (χ1n) is 3.95. The zero-order valence-electron chi connectivity index (χ0n) is 7.62. The normalized spacial score (nSPS) is 12.5. The summed E-state index contributed by atoms with van der Waals surface area (Å²) in [7, 11) is 1.17. The van der Waals surface area contributed by atoms with Crippen LogP contribution >= 0.6 is 0 Å². The number of carbonyl (C=O) groups is 1. The monoisotopic (exact) mass is 201 g/mol. The molecule has 2 N–H and O–H groups in total. The molecule has 14 heavy (non-hydrogen) atoms. The van der Waals surface area contributed by atoms with Gasteiger partial charge in [-0.05, 0) is 0 Å². The van der Waals surface area contributed by atoms with Gasteiger partial charge < -0.3 is 14.9 Å². The number of hydrogen-bond donors (Lipinski definition) is 2. The van der Waals surface area contributed by atoms with Gasteiger partial charge in [0.1, 0.15) is 5.69 Å². The number of methoxy groups -OCH3 is 1. The third kappa shape index (κ3) is 2.27. The van der Waals surface area contributed by atoms with Crippen molar-refractivity contribution in [3.05, 3.63) is 11.9 Å². The van der Waals surface area contributed by atoms with E-state index >= 15 is 0 Å². The van der Waals surface area contributed by atoms with Crippen LogP contribution in [0.5, 0.6) is 0 Å². The summed E-state index contributed by atoms with van der Waals surface area (Å²) in [5.74, 6) is -0.791. The molecule has 1 unspecified atom stereocenters. The topological polar surface area (TPSA) is 97.5 Å². The molecule has 1 aromatic heterocycles. The van der Waals surface area contributed by atoms with E-state index in [4.69, 9.17) is 5.11 Å². The van der Waals surface area contributed by atoms with Crippen molar-refractivity contribution in [2.75, 3.05) is 13.7 Å². The molecule has 0 radical (unpaired) electrons. The average Bonchev–Trinajstić information content (AvgIpc) is 2.64. The van der Waals surface area contributed by atoms with Gasteiger partial charge in [0.15, 0.2) is 6.10 Å². The van der Waals surface area contributed by atoms with Gasteiger partial charge in [-0.25, -0.2) is 9.48 Å². The molecule has 7 heteroatoms. The lowest BCUT2D eigenvalue weighted by Gasteiger charge is -2.02. The maximum absolute atomic E-state index is 10.9. The highest BCUT2D eigenvalue weighted by molar-refractivity contribution is 5.75. The summed E-state index contributed by atoms with van der Waals surface area (Å²) in [6.07, 6.45) is -0.0508. The van der Waals surface area contributed by atoms with E-state index in [1.807, 2.05) is 0 Å². The maximum atomic E-state index is 10.9. The second-order valence-electron chi connectivity index (χ2n) is 2.56. The largest absolute Gasteiger partial charge is 0.467 e. The Morgan fingerprint density at radius 3 is 3.07 bits per heavy atom. The molecule has 0 aliphatic heterocycles. The number of carbonyl (C=O) groups excluding carboxylic acids is 1. The molecule has 0 fully saturated rings. The quantitative estimate of drug-likeness (QED) is 0.574. The third-order valence-corrected chi connectivity index (χ3v) is 1.59. The molecule has 1 atom stereocenters. The molecule has 0 saturated heterocycles. The Kier molecular flexibility index (Phi) is 3.55. The van der Waals surface area contributed by atoms with Crippen LogP contribution in [0.15, 0.2) is 6.20 Å². The van der Waals surface area contributed by atoms with E-state index in [1.54, 1.807) is 0 Å². The Balaban J connectivity index is 2.70. The van der Waals surface area contributed by atoms with Gasteiger partial charge in [-0.1, -0.05) is 5.21 Å². The van der Waals surface area contributed by atoms with Crippen LogP contribution in [0.4, 0.5) is 0 Å². The second-order valence-corrected chi connectivity index (χ2v) is 2.56. The summed E-state index contributed by atoms with van der Waals surface area (Å²) in [5, 5.41) is 25.0. The van der Waals surface area contributed by atoms with Crippen LogP contribution in [0.3, 0.4) is 0 Å². The van der Waals surface area contributed by atoms with Crippen molar-refractivity contribution in [1.29, 1.82) is 0 Å². The summed E-state index contributed by atoms with van der Waals surface area (Å²) in [4.78, 5) is 10.9. The summed E-state index contributed by atoms with van der Waals surface area (Å²) < 4.78 is 5.64. The van der Waals surface area contributed by atoms with Crippen LogP contribution in [0.2, 0.25) is 0 Å². The number of aliphatic hydroxyl groups is 2. The number of aromatic nitrogens is 3. The van der Waals surface area contributed by atoms with Gasteiger partial charge >= 0.3 is 5.97 Å². The molecule has 78 valence electrons. The maximum Gasteiger partial charge on any atom is 0.341 e. The summed E-state index contributed by atoms with van der Waals surface area (Å²) in [6.45, 7) is 0.179. The number of esters is 1. The van der Waals surface area contributed by atoms with E-state index in [9.17, 15) is 9.90 Å². The van der Waals surface area contributed by atoms with Gasteiger partial charge in [0, 0.05) is 0 Å². The first-order chi connectivity index (χ1) is 6.69. The van der Waals surface area contributed by atoms with Crippen LogP contribution in [0.1, 0.15) is 11.8 Å². The fourth-order valence-electron chi connectivity index (χ4n) is 0.883. The van der Waals surface area contributed by atoms with E-state index in [1.165, 1.54) is 18.0 Å². The molecule has 0 bridgehead atoms. The lowest BCUT2D eigenvalue weighted by Crippen LogP contribution is -2.13. The molecule has 7 nitrogen and oxygen atoms in total. The van der Waals surface area contributed by atoms with E-state index in [2.05, 4.69) is 15.0 Å². The van der Waals surface area contributed by atoms with Gasteiger partial charge in [-0.15, -0.1) is 5.10 Å². The molecule has 0 amide bonds. The van der Waals surface area contributed by atoms with Gasteiger partial charge in [0.05, 0.1) is 26.5 Å². The Hall–Kier alpha value is -1.47. The zero-order chi connectivity index (χ0) is 10.6. The fourth-order valence-corrected chi connectivity index (χ4v) is 0.883. The smallest absolute Gasteiger partial charge is 0.341 e. The molecule has 1 rings (SSSR count). The standard InChI is InChI=1S/C7H11N3O4/c1-14-7(13)6(12)5-4-10(2-3-11)9-8-5/h4,6,11-12H,2-3H2,1H3. The summed E-state index contributed by atoms with van der Waals surface area (Å²) >= 11 is 0. The van der Waals surface area contributed by atoms with E-state index in [0.29, 0.717) is 0 Å². The minimum atomic E-state index is -1.42. The Morgan fingerprint density at radius 2 is 2.50 bits per heavy atom. The molecule has 0 aliphatic carbocycles. The molecule has 0 aliphatic rings. The number of rotatable bonds is 4. The van der Waals surface area contributed by atoms with Crippen molar-refractivity contribution < 1.29 is 19.7 Å². The number of hydrogen-bond acceptors (Lipinski definition) is 6. The van der Waals surface area contributed by atoms with Crippen LogP contribution in [0.25, 0.3) is 0 Å². The van der Waals surface area contributed by atoms with Crippen LogP contribution < -0.4 is 0 Å². The van der Waals surface area contributed by atoms with Crippen molar-refractivity contribution in [3.63, 3.8) is 0 Å². The molecule has 0 saturated carbocycles.